The highest BCUT2D eigenvalue weighted by molar-refractivity contribution is 9.10. The highest BCUT2D eigenvalue weighted by Crippen LogP contribution is 2.16. The molecule has 2 N–H and O–H groups in total. The Kier molecular flexibility index (Phi) is 6.42. The Morgan fingerprint density at radius 1 is 1.50 bits per heavy atom. The van der Waals surface area contributed by atoms with Gasteiger partial charge in [-0.05, 0) is 38.0 Å². The molecule has 1 aromatic rings. The number of benzene rings is 1. The predicted octanol–water partition coefficient (Wildman–Crippen LogP) is 2.54. The number of halogens is 2. The average molecular weight is 347 g/mol. The van der Waals surface area contributed by atoms with Crippen LogP contribution >= 0.6 is 15.9 Å². The number of nitrogens with zero attached hydrogens (tertiary/aromatic N) is 1. The van der Waals surface area contributed by atoms with Crippen molar-refractivity contribution in [1.82, 2.24) is 10.2 Å². The van der Waals surface area contributed by atoms with Crippen molar-refractivity contribution in [2.45, 2.75) is 32.4 Å². The number of urea groups is 1. The van der Waals surface area contributed by atoms with E-state index in [1.165, 1.54) is 11.0 Å². The molecule has 2 atom stereocenters. The van der Waals surface area contributed by atoms with Crippen molar-refractivity contribution in [3.05, 3.63) is 34.1 Å². The summed E-state index contributed by atoms with van der Waals surface area (Å²) in [5.41, 5.74) is 0.555. The van der Waals surface area contributed by atoms with E-state index in [4.69, 9.17) is 0 Å². The second-order valence-electron chi connectivity index (χ2n) is 5.02. The molecule has 1 rings (SSSR count). The van der Waals surface area contributed by atoms with E-state index in [0.29, 0.717) is 16.5 Å². The van der Waals surface area contributed by atoms with Gasteiger partial charge in [-0.15, -0.1) is 0 Å². The van der Waals surface area contributed by atoms with Gasteiger partial charge in [0, 0.05) is 24.1 Å². The molecule has 1 aromatic carbocycles. The van der Waals surface area contributed by atoms with E-state index in [0.717, 1.165) is 0 Å². The molecule has 0 aliphatic heterocycles. The highest BCUT2D eigenvalue weighted by atomic mass is 79.9. The molecular weight excluding hydrogens is 327 g/mol. The minimum atomic E-state index is -0.579. The van der Waals surface area contributed by atoms with Crippen LogP contribution in [0.4, 0.5) is 9.18 Å². The van der Waals surface area contributed by atoms with Crippen molar-refractivity contribution in [1.29, 1.82) is 0 Å². The lowest BCUT2D eigenvalue weighted by Crippen LogP contribution is -2.44. The second kappa shape index (κ2) is 7.59. The summed E-state index contributed by atoms with van der Waals surface area (Å²) in [7, 11) is 1.61. The normalized spacial score (nSPS) is 13.7. The molecule has 112 valence electrons. The Balaban J connectivity index is 2.54. The van der Waals surface area contributed by atoms with E-state index in [2.05, 4.69) is 21.2 Å². The molecule has 0 bridgehead atoms. The van der Waals surface area contributed by atoms with E-state index in [1.807, 2.05) is 6.92 Å². The van der Waals surface area contributed by atoms with Gasteiger partial charge in [0.15, 0.2) is 0 Å². The maximum absolute atomic E-state index is 13.7. The molecule has 0 heterocycles. The third-order valence-corrected chi connectivity index (χ3v) is 3.29. The molecule has 0 unspecified atom stereocenters. The first-order valence-corrected chi connectivity index (χ1v) is 7.22. The van der Waals surface area contributed by atoms with Crippen LogP contribution in [0.2, 0.25) is 0 Å². The third kappa shape index (κ3) is 5.46. The van der Waals surface area contributed by atoms with Gasteiger partial charge in [-0.1, -0.05) is 22.0 Å². The van der Waals surface area contributed by atoms with Crippen molar-refractivity contribution in [2.24, 2.45) is 0 Å². The molecule has 0 aromatic heterocycles. The molecule has 0 aliphatic rings. The van der Waals surface area contributed by atoms with Crippen LogP contribution in [0.3, 0.4) is 0 Å². The zero-order chi connectivity index (χ0) is 15.3. The lowest BCUT2D eigenvalue weighted by atomic mass is 10.1. The Hall–Kier alpha value is -1.14. The van der Waals surface area contributed by atoms with Crippen molar-refractivity contribution in [3.63, 3.8) is 0 Å². The topological polar surface area (TPSA) is 52.6 Å². The summed E-state index contributed by atoms with van der Waals surface area (Å²) < 4.78 is 14.4. The Morgan fingerprint density at radius 2 is 2.15 bits per heavy atom. The van der Waals surface area contributed by atoms with Gasteiger partial charge >= 0.3 is 6.03 Å². The van der Waals surface area contributed by atoms with Crippen LogP contribution in [0.5, 0.6) is 0 Å². The number of aliphatic hydroxyl groups excluding tert-OH is 1. The fraction of sp³-hybridized carbons (Fsp3) is 0.500. The maximum Gasteiger partial charge on any atom is 0.317 e. The van der Waals surface area contributed by atoms with Crippen LogP contribution in [-0.4, -0.2) is 41.8 Å². The Bertz CT molecular complexity index is 468. The largest absolute Gasteiger partial charge is 0.392 e. The molecule has 0 aliphatic carbocycles. The smallest absolute Gasteiger partial charge is 0.317 e. The van der Waals surface area contributed by atoms with E-state index >= 15 is 0 Å². The van der Waals surface area contributed by atoms with Gasteiger partial charge < -0.3 is 15.3 Å². The van der Waals surface area contributed by atoms with E-state index in [1.54, 1.807) is 26.1 Å². The molecule has 20 heavy (non-hydrogen) atoms. The molecular formula is C14H20BrFN2O2. The molecule has 0 saturated carbocycles. The molecule has 6 heteroatoms. The standard InChI is InChI=1S/C14H20BrFN2O2/c1-9(17-14(20)18(3)8-10(2)19)6-11-4-5-12(15)7-13(11)16/h4-5,7,9-10,19H,6,8H2,1-3H3,(H,17,20)/t9-,10-/m0/s1. The fourth-order valence-electron chi connectivity index (χ4n) is 1.87. The zero-order valence-electron chi connectivity index (χ0n) is 11.9. The minimum Gasteiger partial charge on any atom is -0.392 e. The summed E-state index contributed by atoms with van der Waals surface area (Å²) in [5.74, 6) is -0.294. The summed E-state index contributed by atoms with van der Waals surface area (Å²) in [5, 5.41) is 12.0. The van der Waals surface area contributed by atoms with Crippen LogP contribution < -0.4 is 5.32 Å². The number of nitrogens with one attached hydrogen (secondary N) is 1. The lowest BCUT2D eigenvalue weighted by molar-refractivity contribution is 0.142. The van der Waals surface area contributed by atoms with Crippen molar-refractivity contribution >= 4 is 22.0 Å². The minimum absolute atomic E-state index is 0.199. The van der Waals surface area contributed by atoms with Crippen LogP contribution in [0.1, 0.15) is 19.4 Å². The van der Waals surface area contributed by atoms with E-state index < -0.39 is 6.10 Å². The van der Waals surface area contributed by atoms with Crippen molar-refractivity contribution in [3.8, 4) is 0 Å². The van der Waals surface area contributed by atoms with Crippen LogP contribution in [-0.2, 0) is 6.42 Å². The van der Waals surface area contributed by atoms with Crippen LogP contribution in [0.25, 0.3) is 0 Å². The first kappa shape index (κ1) is 16.9. The van der Waals surface area contributed by atoms with Crippen molar-refractivity contribution in [2.75, 3.05) is 13.6 Å². The first-order chi connectivity index (χ1) is 9.29. The summed E-state index contributed by atoms with van der Waals surface area (Å²) >= 11 is 3.20. The predicted molar refractivity (Wildman–Crippen MR) is 80.1 cm³/mol. The fourth-order valence-corrected chi connectivity index (χ4v) is 2.20. The van der Waals surface area contributed by atoms with E-state index in [9.17, 15) is 14.3 Å². The second-order valence-corrected chi connectivity index (χ2v) is 5.94. The lowest BCUT2D eigenvalue weighted by Gasteiger charge is -2.22. The number of rotatable bonds is 5. The summed E-state index contributed by atoms with van der Waals surface area (Å²) in [6.45, 7) is 3.69. The summed E-state index contributed by atoms with van der Waals surface area (Å²) in [4.78, 5) is 13.2. The highest BCUT2D eigenvalue weighted by Gasteiger charge is 2.15. The molecule has 2 amide bonds. The van der Waals surface area contributed by atoms with Crippen molar-refractivity contribution < 1.29 is 14.3 Å². The third-order valence-electron chi connectivity index (χ3n) is 2.80. The molecule has 0 spiro atoms. The molecule has 4 nitrogen and oxygen atoms in total. The number of amides is 2. The van der Waals surface area contributed by atoms with Gasteiger partial charge in [0.25, 0.3) is 0 Å². The van der Waals surface area contributed by atoms with Gasteiger partial charge in [-0.25, -0.2) is 9.18 Å². The number of carbonyl (C=O) groups excluding carboxylic acids is 1. The number of likely N-dealkylation sites (N-methyl/N-ethyl adjacent to an activating group) is 1. The number of hydrogen-bond acceptors (Lipinski definition) is 2. The molecule has 0 saturated heterocycles. The number of carbonyl (C=O) groups is 1. The Morgan fingerprint density at radius 3 is 2.70 bits per heavy atom. The van der Waals surface area contributed by atoms with Gasteiger partial charge in [0.1, 0.15) is 5.82 Å². The van der Waals surface area contributed by atoms with E-state index in [-0.39, 0.29) is 24.4 Å². The SMILES string of the molecule is C[C@H](O)CN(C)C(=O)N[C@@H](C)Cc1ccc(Br)cc1F. The summed E-state index contributed by atoms with van der Waals surface area (Å²) in [6, 6.07) is 4.39. The number of hydrogen-bond donors (Lipinski definition) is 2. The van der Waals surface area contributed by atoms with Crippen LogP contribution in [0, 0.1) is 5.82 Å². The molecule has 0 fully saturated rings. The quantitative estimate of drug-likeness (QED) is 0.860. The Labute approximate surface area is 127 Å². The van der Waals surface area contributed by atoms with Gasteiger partial charge in [0.2, 0.25) is 0 Å². The van der Waals surface area contributed by atoms with Crippen LogP contribution in [0.15, 0.2) is 22.7 Å². The number of aliphatic hydroxyl groups is 1. The average Bonchev–Trinajstić information content (AvgIpc) is 2.31. The van der Waals surface area contributed by atoms with Gasteiger partial charge in [0.05, 0.1) is 6.10 Å². The molecule has 0 radical (unpaired) electrons. The van der Waals surface area contributed by atoms with Gasteiger partial charge in [-0.3, -0.25) is 0 Å². The monoisotopic (exact) mass is 346 g/mol. The zero-order valence-corrected chi connectivity index (χ0v) is 13.4. The summed E-state index contributed by atoms with van der Waals surface area (Å²) in [6.07, 6.45) is -0.169. The maximum atomic E-state index is 13.7. The first-order valence-electron chi connectivity index (χ1n) is 6.43. The van der Waals surface area contributed by atoms with Gasteiger partial charge in [-0.2, -0.15) is 0 Å².